The van der Waals surface area contributed by atoms with E-state index in [9.17, 15) is 22.7 Å². The van der Waals surface area contributed by atoms with Gasteiger partial charge in [0.2, 0.25) is 10.0 Å². The van der Waals surface area contributed by atoms with Crippen molar-refractivity contribution in [3.05, 3.63) is 46.7 Å². The van der Waals surface area contributed by atoms with Gasteiger partial charge in [-0.05, 0) is 49.4 Å². The van der Waals surface area contributed by atoms with Crippen molar-refractivity contribution in [1.82, 2.24) is 4.31 Å². The van der Waals surface area contributed by atoms with Gasteiger partial charge in [-0.1, -0.05) is 17.7 Å². The summed E-state index contributed by atoms with van der Waals surface area (Å²) in [6.45, 7) is 2.00. The lowest BCUT2D eigenvalue weighted by Gasteiger charge is -2.26. The number of sulfonamides is 1. The molecule has 0 bridgehead atoms. The number of phenols is 1. The highest BCUT2D eigenvalue weighted by atomic mass is 35.5. The number of nitrogens with two attached hydrogens (primary N) is 1. The number of piperidine rings is 1. The summed E-state index contributed by atoms with van der Waals surface area (Å²) >= 11 is 6.14. The molecule has 8 nitrogen and oxygen atoms in total. The van der Waals surface area contributed by atoms with E-state index in [-0.39, 0.29) is 46.4 Å². The largest absolute Gasteiger partial charge is 0.504 e. The van der Waals surface area contributed by atoms with E-state index in [1.54, 1.807) is 0 Å². The zero-order valence-electron chi connectivity index (χ0n) is 16.6. The first-order valence-corrected chi connectivity index (χ1v) is 11.5. The molecule has 2 aromatic rings. The summed E-state index contributed by atoms with van der Waals surface area (Å²) in [5.74, 6) is -0.665. The highest BCUT2D eigenvalue weighted by Crippen LogP contribution is 2.52. The molecular formula is C20H22ClFN4O4S. The lowest BCUT2D eigenvalue weighted by atomic mass is 10.2. The second-order valence-electron chi connectivity index (χ2n) is 7.80. The Morgan fingerprint density at radius 3 is 2.71 bits per heavy atom. The average molecular weight is 469 g/mol. The Morgan fingerprint density at radius 2 is 2.00 bits per heavy atom. The van der Waals surface area contributed by atoms with Gasteiger partial charge in [-0.15, -0.1) is 0 Å². The molecule has 0 spiro atoms. The Balaban J connectivity index is 1.60. The van der Waals surface area contributed by atoms with Crippen LogP contribution in [-0.4, -0.2) is 43.0 Å². The topological polar surface area (TPSA) is 125 Å². The van der Waals surface area contributed by atoms with Crippen molar-refractivity contribution in [3.8, 4) is 5.75 Å². The zero-order chi connectivity index (χ0) is 22.5. The second-order valence-corrected chi connectivity index (χ2v) is 10.0. The first kappa shape index (κ1) is 21.8. The number of fused-ring (bicyclic) bond motifs is 1. The minimum atomic E-state index is -4.14. The maximum absolute atomic E-state index is 13.7. The number of benzene rings is 2. The molecule has 1 aliphatic heterocycles. The summed E-state index contributed by atoms with van der Waals surface area (Å²) in [7, 11) is -4.14. The predicted molar refractivity (Wildman–Crippen MR) is 115 cm³/mol. The first-order chi connectivity index (χ1) is 14.6. The number of nitrogens with zero attached hydrogens (tertiary/aromatic N) is 1. The number of carbonyl (C=O) groups is 1. The number of carbonyl (C=O) groups excluding carboxylic acids is 1. The van der Waals surface area contributed by atoms with Gasteiger partial charge in [-0.25, -0.2) is 17.6 Å². The molecule has 0 aromatic heterocycles. The van der Waals surface area contributed by atoms with Crippen LogP contribution in [0.4, 0.5) is 20.6 Å². The number of amides is 2. The molecule has 2 aromatic carbocycles. The molecular weight excluding hydrogens is 447 g/mol. The maximum atomic E-state index is 13.7. The van der Waals surface area contributed by atoms with Crippen molar-refractivity contribution in [2.75, 3.05) is 23.7 Å². The number of aromatic hydroxyl groups is 1. The molecule has 1 aliphatic carbocycles. The summed E-state index contributed by atoms with van der Waals surface area (Å²) < 4.78 is 41.5. The van der Waals surface area contributed by atoms with Gasteiger partial charge in [-0.3, -0.25) is 0 Å². The van der Waals surface area contributed by atoms with Crippen LogP contribution in [-0.2, 0) is 10.0 Å². The fourth-order valence-electron chi connectivity index (χ4n) is 4.13. The lowest BCUT2D eigenvalue weighted by Crippen LogP contribution is -2.42. The molecule has 1 heterocycles. The molecule has 2 fully saturated rings. The normalized spacial score (nSPS) is 22.8. The van der Waals surface area contributed by atoms with Crippen molar-refractivity contribution < 1.29 is 22.7 Å². The van der Waals surface area contributed by atoms with Crippen molar-refractivity contribution in [1.29, 1.82) is 0 Å². The van der Waals surface area contributed by atoms with Crippen LogP contribution < -0.4 is 16.4 Å². The molecule has 4 rings (SSSR count). The van der Waals surface area contributed by atoms with Crippen LogP contribution in [0.5, 0.6) is 5.75 Å². The van der Waals surface area contributed by atoms with Gasteiger partial charge in [0.05, 0.1) is 10.7 Å². The number of halogens is 2. The minimum Gasteiger partial charge on any atom is -0.504 e. The number of hydrogen-bond acceptors (Lipinski definition) is 5. The van der Waals surface area contributed by atoms with Crippen LogP contribution in [0.1, 0.15) is 12.0 Å². The molecule has 5 N–H and O–H groups in total. The number of anilines is 2. The van der Waals surface area contributed by atoms with E-state index in [0.717, 1.165) is 6.42 Å². The average Bonchev–Trinajstić information content (AvgIpc) is 3.38. The molecule has 1 saturated heterocycles. The SMILES string of the molecule is Cc1c(F)cccc1NC(=O)Nc1ccc(Cl)c(S(=O)(=O)N2CC3CC3[C@H]2CN)c1O. The van der Waals surface area contributed by atoms with Gasteiger partial charge in [0.15, 0.2) is 5.75 Å². The van der Waals surface area contributed by atoms with Crippen molar-refractivity contribution in [2.45, 2.75) is 24.3 Å². The van der Waals surface area contributed by atoms with Crippen molar-refractivity contribution in [2.24, 2.45) is 17.6 Å². The van der Waals surface area contributed by atoms with Crippen molar-refractivity contribution >= 4 is 39.0 Å². The highest BCUT2D eigenvalue weighted by Gasteiger charge is 2.56. The smallest absolute Gasteiger partial charge is 0.323 e. The van der Waals surface area contributed by atoms with Crippen LogP contribution in [0.25, 0.3) is 0 Å². The Hall–Kier alpha value is -2.40. The van der Waals surface area contributed by atoms with Gasteiger partial charge in [0.1, 0.15) is 10.7 Å². The standard InChI is InChI=1S/C20H22ClFN4O4S/c1-10-14(22)3-2-4-15(10)24-20(28)25-16-6-5-13(21)19(18(16)27)31(29,30)26-9-11-7-12(11)17(26)8-23/h2-6,11-12,17,27H,7-9,23H2,1H3,(H2,24,25,28)/t11?,12?,17-/m1/s1. The van der Waals surface area contributed by atoms with Crippen LogP contribution in [0, 0.1) is 24.6 Å². The summed E-state index contributed by atoms with van der Waals surface area (Å²) in [6, 6.07) is 5.66. The van der Waals surface area contributed by atoms with Crippen molar-refractivity contribution in [3.63, 3.8) is 0 Å². The second kappa shape index (κ2) is 7.94. The molecule has 0 radical (unpaired) electrons. The molecule has 166 valence electrons. The van der Waals surface area contributed by atoms with Gasteiger partial charge in [0.25, 0.3) is 0 Å². The highest BCUT2D eigenvalue weighted by molar-refractivity contribution is 7.89. The Labute approximate surface area is 184 Å². The Bertz CT molecular complexity index is 1160. The summed E-state index contributed by atoms with van der Waals surface area (Å²) in [5.41, 5.74) is 6.12. The Kier molecular flexibility index (Phi) is 5.59. The third kappa shape index (κ3) is 3.84. The molecule has 11 heteroatoms. The molecule has 2 aliphatic rings. The van der Waals surface area contributed by atoms with Crippen LogP contribution in [0.2, 0.25) is 5.02 Å². The monoisotopic (exact) mass is 468 g/mol. The number of urea groups is 1. The fraction of sp³-hybridized carbons (Fsp3) is 0.350. The molecule has 1 saturated carbocycles. The van der Waals surface area contributed by atoms with Crippen LogP contribution in [0.3, 0.4) is 0 Å². The fourth-order valence-corrected chi connectivity index (χ4v) is 6.46. The van der Waals surface area contributed by atoms with E-state index < -0.39 is 32.5 Å². The molecule has 2 unspecified atom stereocenters. The number of rotatable bonds is 5. The number of nitrogens with one attached hydrogen (secondary N) is 2. The maximum Gasteiger partial charge on any atom is 0.323 e. The molecule has 3 atom stereocenters. The Morgan fingerprint density at radius 1 is 1.29 bits per heavy atom. The molecule has 2 amide bonds. The van der Waals surface area contributed by atoms with E-state index in [4.69, 9.17) is 17.3 Å². The van der Waals surface area contributed by atoms with Gasteiger partial charge in [0, 0.05) is 30.4 Å². The lowest BCUT2D eigenvalue weighted by molar-refractivity contribution is 0.262. The van der Waals surface area contributed by atoms with E-state index in [1.165, 1.54) is 41.6 Å². The van der Waals surface area contributed by atoms with Gasteiger partial charge >= 0.3 is 6.03 Å². The predicted octanol–water partition coefficient (Wildman–Crippen LogP) is 3.10. The van der Waals surface area contributed by atoms with Gasteiger partial charge in [-0.2, -0.15) is 4.31 Å². The summed E-state index contributed by atoms with van der Waals surface area (Å²) in [4.78, 5) is 11.9. The quantitative estimate of drug-likeness (QED) is 0.502. The van der Waals surface area contributed by atoms with E-state index in [1.807, 2.05) is 0 Å². The third-order valence-electron chi connectivity index (χ3n) is 5.91. The summed E-state index contributed by atoms with van der Waals surface area (Å²) in [6.07, 6.45) is 0.939. The zero-order valence-corrected chi connectivity index (χ0v) is 18.2. The third-order valence-corrected chi connectivity index (χ3v) is 8.31. The first-order valence-electron chi connectivity index (χ1n) is 9.71. The van der Waals surface area contributed by atoms with E-state index in [0.29, 0.717) is 6.54 Å². The van der Waals surface area contributed by atoms with Crippen LogP contribution in [0.15, 0.2) is 35.2 Å². The number of phenolic OH excluding ortho intramolecular Hbond substituents is 1. The number of hydrogen-bond donors (Lipinski definition) is 4. The van der Waals surface area contributed by atoms with Gasteiger partial charge < -0.3 is 21.5 Å². The van der Waals surface area contributed by atoms with Crippen LogP contribution >= 0.6 is 11.6 Å². The molecule has 31 heavy (non-hydrogen) atoms. The minimum absolute atomic E-state index is 0.150. The summed E-state index contributed by atoms with van der Waals surface area (Å²) in [5, 5.41) is 15.4. The van der Waals surface area contributed by atoms with E-state index >= 15 is 0 Å². The van der Waals surface area contributed by atoms with E-state index in [2.05, 4.69) is 10.6 Å².